The van der Waals surface area contributed by atoms with Gasteiger partial charge < -0.3 is 8.98 Å². The lowest BCUT2D eigenvalue weighted by Crippen LogP contribution is -2.03. The molecule has 0 bridgehead atoms. The molecule has 0 amide bonds. The van der Waals surface area contributed by atoms with E-state index in [9.17, 15) is 0 Å². The summed E-state index contributed by atoms with van der Waals surface area (Å²) in [6, 6.07) is 64.2. The van der Waals surface area contributed by atoms with Crippen LogP contribution < -0.4 is 0 Å². The highest BCUT2D eigenvalue weighted by Crippen LogP contribution is 2.44. The maximum absolute atomic E-state index is 6.51. The Balaban J connectivity index is 1.23. The summed E-state index contributed by atoms with van der Waals surface area (Å²) in [6.45, 7) is 0. The molecule has 5 heteroatoms. The molecule has 0 atom stereocenters. The predicted molar refractivity (Wildman–Crippen MR) is 226 cm³/mol. The van der Waals surface area contributed by atoms with Crippen LogP contribution in [0.1, 0.15) is 0 Å². The number of rotatable bonds is 4. The van der Waals surface area contributed by atoms with Gasteiger partial charge in [0.2, 0.25) is 5.95 Å². The van der Waals surface area contributed by atoms with Crippen LogP contribution in [-0.2, 0) is 0 Å². The SMILES string of the molecule is c1ccc(-c2cccc(-n3c4cc5oc6ccccc6c5cc4c4ccc5c(c6ccccc6n5-c5nc(-c6ccccc6)c6ccccc6n5)c43)c2)cc1. The van der Waals surface area contributed by atoms with Gasteiger partial charge in [-0.2, -0.15) is 0 Å². The summed E-state index contributed by atoms with van der Waals surface area (Å²) >= 11 is 0. The molecule has 0 N–H and O–H groups in total. The third kappa shape index (κ3) is 4.41. The molecular formula is C50H30N4O. The molecule has 0 radical (unpaired) electrons. The second-order valence-corrected chi connectivity index (χ2v) is 14.2. The first-order chi connectivity index (χ1) is 27.3. The van der Waals surface area contributed by atoms with Crippen LogP contribution in [0.3, 0.4) is 0 Å². The highest BCUT2D eigenvalue weighted by Gasteiger charge is 2.24. The fraction of sp³-hybridized carbons (Fsp3) is 0. The quantitative estimate of drug-likeness (QED) is 0.183. The minimum atomic E-state index is 0.640. The average molecular weight is 703 g/mol. The number of hydrogen-bond acceptors (Lipinski definition) is 3. The van der Waals surface area contributed by atoms with E-state index in [1.165, 1.54) is 16.3 Å². The Hall–Kier alpha value is -7.50. The van der Waals surface area contributed by atoms with Crippen molar-refractivity contribution in [2.75, 3.05) is 0 Å². The van der Waals surface area contributed by atoms with Crippen LogP contribution in [0.15, 0.2) is 186 Å². The van der Waals surface area contributed by atoms with Gasteiger partial charge in [0.1, 0.15) is 11.2 Å². The second-order valence-electron chi connectivity index (χ2n) is 14.2. The second kappa shape index (κ2) is 11.5. The van der Waals surface area contributed by atoms with E-state index in [-0.39, 0.29) is 0 Å². The van der Waals surface area contributed by atoms with Crippen LogP contribution >= 0.6 is 0 Å². The van der Waals surface area contributed by atoms with Gasteiger partial charge in [-0.1, -0.05) is 133 Å². The molecule has 4 heterocycles. The highest BCUT2D eigenvalue weighted by atomic mass is 16.3. The maximum Gasteiger partial charge on any atom is 0.235 e. The van der Waals surface area contributed by atoms with Gasteiger partial charge in [0.05, 0.1) is 33.3 Å². The van der Waals surface area contributed by atoms with Crippen molar-refractivity contribution in [2.24, 2.45) is 0 Å². The van der Waals surface area contributed by atoms with Crippen molar-refractivity contribution >= 4 is 76.5 Å². The smallest absolute Gasteiger partial charge is 0.235 e. The summed E-state index contributed by atoms with van der Waals surface area (Å²) < 4.78 is 11.2. The molecule has 0 aliphatic rings. The van der Waals surface area contributed by atoms with E-state index in [1.54, 1.807) is 0 Å². The summed E-state index contributed by atoms with van der Waals surface area (Å²) in [7, 11) is 0. The molecule has 0 saturated carbocycles. The lowest BCUT2D eigenvalue weighted by atomic mass is 10.0. The van der Waals surface area contributed by atoms with Crippen LogP contribution in [0.4, 0.5) is 0 Å². The Morgan fingerprint density at radius 3 is 1.95 bits per heavy atom. The first kappa shape index (κ1) is 30.0. The Labute approximate surface area is 315 Å². The number of benzene rings is 8. The van der Waals surface area contributed by atoms with E-state index >= 15 is 0 Å². The van der Waals surface area contributed by atoms with Crippen LogP contribution in [0.2, 0.25) is 0 Å². The number of fused-ring (bicyclic) bond motifs is 11. The number of hydrogen-bond donors (Lipinski definition) is 0. The minimum absolute atomic E-state index is 0.640. The molecule has 12 aromatic rings. The van der Waals surface area contributed by atoms with Gasteiger partial charge in [0.25, 0.3) is 0 Å². The molecule has 12 rings (SSSR count). The van der Waals surface area contributed by atoms with Crippen LogP contribution in [0.25, 0.3) is 110 Å². The van der Waals surface area contributed by atoms with E-state index in [0.717, 1.165) is 88.2 Å². The molecule has 4 aromatic heterocycles. The van der Waals surface area contributed by atoms with Crippen molar-refractivity contribution in [3.8, 4) is 34.0 Å². The average Bonchev–Trinajstić information content (AvgIpc) is 3.90. The molecule has 5 nitrogen and oxygen atoms in total. The van der Waals surface area contributed by atoms with Crippen LogP contribution in [0, 0.1) is 0 Å². The molecule has 256 valence electrons. The van der Waals surface area contributed by atoms with Crippen LogP contribution in [-0.4, -0.2) is 19.1 Å². The standard InChI is InChI=1S/C50H30N4O/c1-3-14-31(15-4-1)33-18-13-19-34(28-33)53-44-30-46-40(35-20-9-12-25-45(35)55-46)29-39(44)36-26-27-43-47(49(36)53)38-22-8-11-24-42(38)54(43)50-51-41-23-10-7-21-37(41)48(52-50)32-16-5-2-6-17-32/h1-30H. The van der Waals surface area contributed by atoms with Crippen molar-refractivity contribution in [1.82, 2.24) is 19.1 Å². The van der Waals surface area contributed by atoms with E-state index in [4.69, 9.17) is 14.4 Å². The number of furan rings is 1. The molecular weight excluding hydrogens is 673 g/mol. The van der Waals surface area contributed by atoms with Crippen LogP contribution in [0.5, 0.6) is 0 Å². The van der Waals surface area contributed by atoms with Crippen molar-refractivity contribution in [3.63, 3.8) is 0 Å². The summed E-state index contributed by atoms with van der Waals surface area (Å²) in [5.41, 5.74) is 12.4. The number of para-hydroxylation sites is 3. The minimum Gasteiger partial charge on any atom is -0.456 e. The summed E-state index contributed by atoms with van der Waals surface area (Å²) in [5, 5.41) is 7.88. The summed E-state index contributed by atoms with van der Waals surface area (Å²) in [6.07, 6.45) is 0. The van der Waals surface area contributed by atoms with E-state index < -0.39 is 0 Å². The van der Waals surface area contributed by atoms with Crippen molar-refractivity contribution in [2.45, 2.75) is 0 Å². The summed E-state index contributed by atoms with van der Waals surface area (Å²) in [4.78, 5) is 10.6. The van der Waals surface area contributed by atoms with E-state index in [1.807, 2.05) is 24.3 Å². The number of nitrogens with zero attached hydrogens (tertiary/aromatic N) is 4. The van der Waals surface area contributed by atoms with Gasteiger partial charge in [-0.25, -0.2) is 9.97 Å². The Morgan fingerprint density at radius 1 is 0.382 bits per heavy atom. The van der Waals surface area contributed by atoms with Gasteiger partial charge in [-0.15, -0.1) is 0 Å². The largest absolute Gasteiger partial charge is 0.456 e. The topological polar surface area (TPSA) is 48.8 Å². The first-order valence-corrected chi connectivity index (χ1v) is 18.6. The molecule has 0 fully saturated rings. The highest BCUT2D eigenvalue weighted by molar-refractivity contribution is 6.27. The zero-order valence-electron chi connectivity index (χ0n) is 29.5. The van der Waals surface area contributed by atoms with Gasteiger partial charge >= 0.3 is 0 Å². The third-order valence-electron chi connectivity index (χ3n) is 11.1. The Morgan fingerprint density at radius 2 is 1.09 bits per heavy atom. The fourth-order valence-electron chi connectivity index (χ4n) is 8.69. The molecule has 0 aliphatic carbocycles. The van der Waals surface area contributed by atoms with Crippen molar-refractivity contribution < 1.29 is 4.42 Å². The lowest BCUT2D eigenvalue weighted by Gasteiger charge is -2.12. The third-order valence-corrected chi connectivity index (χ3v) is 11.1. The van der Waals surface area contributed by atoms with E-state index in [2.05, 4.69) is 167 Å². The zero-order valence-corrected chi connectivity index (χ0v) is 29.5. The van der Waals surface area contributed by atoms with E-state index in [0.29, 0.717) is 5.95 Å². The molecule has 55 heavy (non-hydrogen) atoms. The van der Waals surface area contributed by atoms with Gasteiger partial charge in [0.15, 0.2) is 0 Å². The monoisotopic (exact) mass is 702 g/mol. The fourth-order valence-corrected chi connectivity index (χ4v) is 8.69. The maximum atomic E-state index is 6.51. The van der Waals surface area contributed by atoms with Gasteiger partial charge in [0, 0.05) is 55.0 Å². The predicted octanol–water partition coefficient (Wildman–Crippen LogP) is 13.1. The first-order valence-electron chi connectivity index (χ1n) is 18.6. The van der Waals surface area contributed by atoms with Gasteiger partial charge in [-0.05, 0) is 53.6 Å². The summed E-state index contributed by atoms with van der Waals surface area (Å²) in [5.74, 6) is 0.640. The van der Waals surface area contributed by atoms with Gasteiger partial charge in [-0.3, -0.25) is 4.57 Å². The molecule has 0 saturated heterocycles. The normalized spacial score (nSPS) is 12.0. The lowest BCUT2D eigenvalue weighted by molar-refractivity contribution is 0.669. The Kier molecular flexibility index (Phi) is 6.27. The molecule has 0 aliphatic heterocycles. The number of aromatic nitrogens is 4. The Bertz CT molecular complexity index is 3480. The molecule has 8 aromatic carbocycles. The van der Waals surface area contributed by atoms with Crippen molar-refractivity contribution in [3.05, 3.63) is 182 Å². The molecule has 0 unspecified atom stereocenters. The molecule has 0 spiro atoms. The van der Waals surface area contributed by atoms with Crippen molar-refractivity contribution in [1.29, 1.82) is 0 Å². The zero-order chi connectivity index (χ0) is 36.0.